The highest BCUT2D eigenvalue weighted by Gasteiger charge is 2.52. The highest BCUT2D eigenvalue weighted by atomic mass is 16.5. The number of likely N-dealkylation sites (tertiary alicyclic amines) is 1. The van der Waals surface area contributed by atoms with Crippen molar-refractivity contribution in [3.05, 3.63) is 11.6 Å². The molecular formula is C25H43N6O7+. The second kappa shape index (κ2) is 12.9. The maximum atomic E-state index is 13.9. The first kappa shape index (κ1) is 29.8. The molecule has 1 saturated heterocycles. The number of nitrogens with zero attached hydrogens (tertiary/aromatic N) is 2. The summed E-state index contributed by atoms with van der Waals surface area (Å²) in [6.07, 6.45) is 0.301. The summed E-state index contributed by atoms with van der Waals surface area (Å²) < 4.78 is 6.81. The largest absolute Gasteiger partial charge is 0.393 e. The Morgan fingerprint density at radius 1 is 1.18 bits per heavy atom. The minimum atomic E-state index is -1.13. The third-order valence-corrected chi connectivity index (χ3v) is 7.87. The average Bonchev–Trinajstić information content (AvgIpc) is 3.48. The van der Waals surface area contributed by atoms with Crippen LogP contribution in [0.4, 0.5) is 0 Å². The number of hydrogen-bond acceptors (Lipinski definition) is 7. The minimum absolute atomic E-state index is 0.136. The molecule has 2 aliphatic heterocycles. The Morgan fingerprint density at radius 3 is 2.45 bits per heavy atom. The second-order valence-corrected chi connectivity index (χ2v) is 10.8. The van der Waals surface area contributed by atoms with Crippen LogP contribution < -0.4 is 22.1 Å². The predicted molar refractivity (Wildman–Crippen MR) is 138 cm³/mol. The minimum Gasteiger partial charge on any atom is -0.393 e. The smallest absolute Gasteiger partial charge is 0.341 e. The summed E-state index contributed by atoms with van der Waals surface area (Å²) in [5.41, 5.74) is 12.4. The Bertz CT molecular complexity index is 946. The van der Waals surface area contributed by atoms with E-state index in [0.717, 1.165) is 5.57 Å². The van der Waals surface area contributed by atoms with Crippen molar-refractivity contribution in [3.63, 3.8) is 0 Å². The van der Waals surface area contributed by atoms with Gasteiger partial charge in [-0.25, -0.2) is 0 Å². The first-order valence-electron chi connectivity index (χ1n) is 13.2. The number of carbonyl (C=O) groups excluding carboxylic acids is 3. The van der Waals surface area contributed by atoms with Crippen molar-refractivity contribution in [2.45, 2.75) is 76.0 Å². The summed E-state index contributed by atoms with van der Waals surface area (Å²) >= 11 is 0. The summed E-state index contributed by atoms with van der Waals surface area (Å²) in [7, 11) is 1.29. The zero-order chi connectivity index (χ0) is 28.1. The fourth-order valence-corrected chi connectivity index (χ4v) is 5.64. The molecule has 1 saturated carbocycles. The zero-order valence-corrected chi connectivity index (χ0v) is 22.4. The molecule has 13 nitrogen and oxygen atoms in total. The highest BCUT2D eigenvalue weighted by Crippen LogP contribution is 2.40. The van der Waals surface area contributed by atoms with Crippen LogP contribution in [-0.4, -0.2) is 118 Å². The molecule has 0 spiro atoms. The van der Waals surface area contributed by atoms with E-state index in [1.807, 2.05) is 10.7 Å². The van der Waals surface area contributed by atoms with Crippen LogP contribution >= 0.6 is 0 Å². The Hall–Kier alpha value is -2.74. The van der Waals surface area contributed by atoms with Crippen LogP contribution in [0, 0.1) is 11.8 Å². The number of nitrogens with two attached hydrogens (primary N) is 2. The molecule has 3 aliphatic rings. The van der Waals surface area contributed by atoms with Gasteiger partial charge in [-0.15, -0.1) is 0 Å². The summed E-state index contributed by atoms with van der Waals surface area (Å²) in [5.74, 6) is -1.65. The number of nitrogens with one attached hydrogen (secondary N) is 2. The van der Waals surface area contributed by atoms with Crippen LogP contribution in [0.2, 0.25) is 0 Å². The first-order chi connectivity index (χ1) is 18.0. The molecule has 38 heavy (non-hydrogen) atoms. The van der Waals surface area contributed by atoms with Crippen LogP contribution in [0.3, 0.4) is 0 Å². The lowest BCUT2D eigenvalue weighted by Crippen LogP contribution is -2.60. The van der Waals surface area contributed by atoms with Crippen molar-refractivity contribution in [3.8, 4) is 0 Å². The molecule has 1 aliphatic carbocycles. The fourth-order valence-electron chi connectivity index (χ4n) is 5.64. The Kier molecular flexibility index (Phi) is 10.1. The molecule has 0 aromatic rings. The standard InChI is InChI=1S/C25H42N6O7/c1-13(2)21(29-23(36)20(12-32)38-3)24(37)31-16-10-19(34)18(33)9-15(16)8-17(31)22(35)28-6-4-14-5-7-30(11-14)25(26)27/h5,13,15-21,32-34H,4,6-12H2,1-3H3,(H5,26,27,28,29,35,36)/p+1/t15?,16?,17-,18-,19?,20?,21?/m0/s1. The third-order valence-electron chi connectivity index (χ3n) is 7.87. The van der Waals surface area contributed by atoms with Gasteiger partial charge in [0.05, 0.1) is 31.9 Å². The van der Waals surface area contributed by atoms with Gasteiger partial charge >= 0.3 is 5.96 Å². The number of hydrogen-bond donors (Lipinski definition) is 7. The first-order valence-corrected chi connectivity index (χ1v) is 13.2. The third kappa shape index (κ3) is 6.63. The number of rotatable bonds is 10. The normalized spacial score (nSPS) is 28.5. The number of aliphatic hydroxyl groups excluding tert-OH is 3. The summed E-state index contributed by atoms with van der Waals surface area (Å²) in [6, 6.07) is -2.25. The van der Waals surface area contributed by atoms with E-state index in [0.29, 0.717) is 32.5 Å². The van der Waals surface area contributed by atoms with Gasteiger partial charge < -0.3 is 35.6 Å². The molecule has 214 valence electrons. The molecular weight excluding hydrogens is 496 g/mol. The van der Waals surface area contributed by atoms with Crippen molar-refractivity contribution in [2.24, 2.45) is 23.3 Å². The molecule has 2 fully saturated rings. The van der Waals surface area contributed by atoms with E-state index in [9.17, 15) is 29.7 Å². The summed E-state index contributed by atoms with van der Waals surface area (Å²) in [5, 5.41) is 35.6. The topological polar surface area (TPSA) is 203 Å². The molecule has 5 unspecified atom stereocenters. The summed E-state index contributed by atoms with van der Waals surface area (Å²) in [6.45, 7) is 4.57. The van der Waals surface area contributed by atoms with Crippen LogP contribution in [0.15, 0.2) is 11.6 Å². The van der Waals surface area contributed by atoms with Crippen LogP contribution in [0.25, 0.3) is 0 Å². The Balaban J connectivity index is 1.75. The van der Waals surface area contributed by atoms with Gasteiger partial charge in [0.25, 0.3) is 5.91 Å². The van der Waals surface area contributed by atoms with Crippen molar-refractivity contribution < 1.29 is 39.0 Å². The number of guanidine groups is 1. The number of ether oxygens (including phenoxy) is 1. The van der Waals surface area contributed by atoms with Gasteiger partial charge in [-0.1, -0.05) is 13.8 Å². The summed E-state index contributed by atoms with van der Waals surface area (Å²) in [4.78, 5) is 41.4. The number of methoxy groups -OCH3 is 1. The molecule has 0 radical (unpaired) electrons. The van der Waals surface area contributed by atoms with Gasteiger partial charge in [0.15, 0.2) is 6.10 Å². The van der Waals surface area contributed by atoms with Crippen molar-refractivity contribution >= 4 is 23.7 Å². The van der Waals surface area contributed by atoms with Crippen molar-refractivity contribution in [1.29, 1.82) is 0 Å². The SMILES string of the molecule is COC(CO)C(=O)NC(C(=O)N1C2CC(O)[C@@H](O)CC2C[C@H]1C(=O)NCCC1=CC[N+](=C(N)N)C1)C(C)C. The molecule has 2 heterocycles. The number of aliphatic hydroxyl groups is 3. The van der Waals surface area contributed by atoms with Gasteiger partial charge in [-0.05, 0) is 49.2 Å². The van der Waals surface area contributed by atoms with E-state index < -0.39 is 54.9 Å². The number of amides is 3. The van der Waals surface area contributed by atoms with E-state index in [1.165, 1.54) is 12.0 Å². The molecule has 13 heteroatoms. The number of fused-ring (bicyclic) bond motifs is 1. The lowest BCUT2D eigenvalue weighted by Gasteiger charge is -2.39. The maximum absolute atomic E-state index is 13.9. The van der Waals surface area contributed by atoms with Crippen LogP contribution in [-0.2, 0) is 19.1 Å². The highest BCUT2D eigenvalue weighted by molar-refractivity contribution is 5.94. The van der Waals surface area contributed by atoms with Gasteiger partial charge in [0, 0.05) is 19.7 Å². The van der Waals surface area contributed by atoms with Crippen LogP contribution in [0.1, 0.15) is 39.5 Å². The quantitative estimate of drug-likeness (QED) is 0.0855. The molecule has 0 aromatic heterocycles. The monoisotopic (exact) mass is 539 g/mol. The zero-order valence-electron chi connectivity index (χ0n) is 22.4. The Morgan fingerprint density at radius 2 is 1.87 bits per heavy atom. The van der Waals surface area contributed by atoms with Crippen molar-refractivity contribution in [1.82, 2.24) is 15.5 Å². The van der Waals surface area contributed by atoms with Crippen molar-refractivity contribution in [2.75, 3.05) is 33.4 Å². The molecule has 0 bridgehead atoms. The predicted octanol–water partition coefficient (Wildman–Crippen LogP) is -3.03. The van der Waals surface area contributed by atoms with E-state index >= 15 is 0 Å². The average molecular weight is 540 g/mol. The Labute approximate surface area is 222 Å². The van der Waals surface area contributed by atoms with E-state index in [-0.39, 0.29) is 36.5 Å². The van der Waals surface area contributed by atoms with Crippen LogP contribution in [0.5, 0.6) is 0 Å². The number of carbonyl (C=O) groups is 3. The fraction of sp³-hybridized carbons (Fsp3) is 0.760. The maximum Gasteiger partial charge on any atom is 0.341 e. The van der Waals surface area contributed by atoms with Gasteiger partial charge in [0.2, 0.25) is 11.8 Å². The van der Waals surface area contributed by atoms with Gasteiger partial charge in [-0.3, -0.25) is 30.4 Å². The molecule has 7 atom stereocenters. The van der Waals surface area contributed by atoms with E-state index in [2.05, 4.69) is 10.6 Å². The lowest BCUT2D eigenvalue weighted by molar-refractivity contribution is -0.503. The van der Waals surface area contributed by atoms with Gasteiger partial charge in [-0.2, -0.15) is 0 Å². The molecule has 3 amide bonds. The molecule has 3 rings (SSSR count). The lowest BCUT2D eigenvalue weighted by atomic mass is 9.81. The second-order valence-electron chi connectivity index (χ2n) is 10.8. The molecule has 0 aromatic carbocycles. The van der Waals surface area contributed by atoms with E-state index in [1.54, 1.807) is 13.8 Å². The van der Waals surface area contributed by atoms with E-state index in [4.69, 9.17) is 16.2 Å². The molecule has 9 N–H and O–H groups in total. The van der Waals surface area contributed by atoms with Gasteiger partial charge in [0.1, 0.15) is 12.1 Å².